The van der Waals surface area contributed by atoms with Gasteiger partial charge in [0.2, 0.25) is 0 Å². The molecule has 1 aromatic heterocycles. The van der Waals surface area contributed by atoms with Gasteiger partial charge < -0.3 is 24.4 Å². The zero-order chi connectivity index (χ0) is 20.5. The third kappa shape index (κ3) is 6.27. The zero-order valence-corrected chi connectivity index (χ0v) is 16.7. The topological polar surface area (TPSA) is 94.2 Å². The van der Waals surface area contributed by atoms with Crippen LogP contribution in [0.25, 0.3) is 0 Å². The predicted molar refractivity (Wildman–Crippen MR) is 104 cm³/mol. The average Bonchev–Trinajstić information content (AvgIpc) is 3.22. The SMILES string of the molecule is COc1cc(OC)cc(C(=O)NCC(=O)OCC(=O)N(C)Cc2ccsc2)c1. The van der Waals surface area contributed by atoms with Crippen molar-refractivity contribution in [1.29, 1.82) is 0 Å². The second kappa shape index (κ2) is 10.3. The summed E-state index contributed by atoms with van der Waals surface area (Å²) in [7, 11) is 4.58. The van der Waals surface area contributed by atoms with Gasteiger partial charge in [-0.2, -0.15) is 11.3 Å². The monoisotopic (exact) mass is 406 g/mol. The molecule has 0 atom stereocenters. The molecule has 0 fully saturated rings. The highest BCUT2D eigenvalue weighted by Gasteiger charge is 2.15. The smallest absolute Gasteiger partial charge is 0.325 e. The van der Waals surface area contributed by atoms with E-state index in [2.05, 4.69) is 5.32 Å². The van der Waals surface area contributed by atoms with Crippen LogP contribution in [0.4, 0.5) is 0 Å². The van der Waals surface area contributed by atoms with E-state index in [4.69, 9.17) is 14.2 Å². The van der Waals surface area contributed by atoms with Gasteiger partial charge in [-0.3, -0.25) is 14.4 Å². The summed E-state index contributed by atoms with van der Waals surface area (Å²) < 4.78 is 15.1. The molecule has 0 saturated carbocycles. The average molecular weight is 406 g/mol. The Kier molecular flexibility index (Phi) is 7.82. The van der Waals surface area contributed by atoms with Crippen LogP contribution in [0.2, 0.25) is 0 Å². The molecule has 0 aliphatic heterocycles. The summed E-state index contributed by atoms with van der Waals surface area (Å²) in [5.74, 6) is -0.628. The molecule has 0 saturated heterocycles. The first-order valence-electron chi connectivity index (χ1n) is 8.35. The standard InChI is InChI=1S/C19H22N2O6S/c1-21(10-13-4-5-28-12-13)17(22)11-27-18(23)9-20-19(24)14-6-15(25-2)8-16(7-14)26-3/h4-8,12H,9-11H2,1-3H3,(H,20,24). The van der Waals surface area contributed by atoms with Gasteiger partial charge in [0.05, 0.1) is 14.2 Å². The Hall–Kier alpha value is -3.07. The molecule has 2 amide bonds. The summed E-state index contributed by atoms with van der Waals surface area (Å²) in [5, 5.41) is 6.31. The fraction of sp³-hybridized carbons (Fsp3) is 0.316. The highest BCUT2D eigenvalue weighted by atomic mass is 32.1. The second-order valence-electron chi connectivity index (χ2n) is 5.83. The number of carbonyl (C=O) groups excluding carboxylic acids is 3. The molecule has 1 heterocycles. The number of rotatable bonds is 9. The van der Waals surface area contributed by atoms with Crippen LogP contribution in [0.15, 0.2) is 35.0 Å². The fourth-order valence-corrected chi connectivity index (χ4v) is 2.90. The van der Waals surface area contributed by atoms with Crippen molar-refractivity contribution < 1.29 is 28.6 Å². The number of carbonyl (C=O) groups is 3. The summed E-state index contributed by atoms with van der Waals surface area (Å²) in [4.78, 5) is 37.5. The van der Waals surface area contributed by atoms with E-state index >= 15 is 0 Å². The Morgan fingerprint density at radius 1 is 1.11 bits per heavy atom. The number of ether oxygens (including phenoxy) is 3. The van der Waals surface area contributed by atoms with Crippen molar-refractivity contribution in [2.45, 2.75) is 6.54 Å². The van der Waals surface area contributed by atoms with Gasteiger partial charge in [0.25, 0.3) is 11.8 Å². The van der Waals surface area contributed by atoms with E-state index in [0.717, 1.165) is 5.56 Å². The van der Waals surface area contributed by atoms with Gasteiger partial charge in [-0.25, -0.2) is 0 Å². The van der Waals surface area contributed by atoms with Gasteiger partial charge in [-0.1, -0.05) is 0 Å². The van der Waals surface area contributed by atoms with Crippen LogP contribution in [0.3, 0.4) is 0 Å². The van der Waals surface area contributed by atoms with Gasteiger partial charge in [-0.05, 0) is 34.5 Å². The highest BCUT2D eigenvalue weighted by Crippen LogP contribution is 2.22. The molecule has 0 unspecified atom stereocenters. The largest absolute Gasteiger partial charge is 0.497 e. The minimum Gasteiger partial charge on any atom is -0.497 e. The molecule has 1 aromatic carbocycles. The number of likely N-dealkylation sites (N-methyl/N-ethyl adjacent to an activating group) is 1. The van der Waals surface area contributed by atoms with Gasteiger partial charge in [-0.15, -0.1) is 0 Å². The van der Waals surface area contributed by atoms with Gasteiger partial charge in [0.1, 0.15) is 18.0 Å². The molecule has 0 bridgehead atoms. The zero-order valence-electron chi connectivity index (χ0n) is 15.9. The molecule has 9 heteroatoms. The van der Waals surface area contributed by atoms with Gasteiger partial charge in [0.15, 0.2) is 6.61 Å². The van der Waals surface area contributed by atoms with Crippen molar-refractivity contribution in [3.05, 3.63) is 46.2 Å². The van der Waals surface area contributed by atoms with Crippen LogP contribution in [0, 0.1) is 0 Å². The van der Waals surface area contributed by atoms with Crippen LogP contribution in [0.1, 0.15) is 15.9 Å². The summed E-state index contributed by atoms with van der Waals surface area (Å²) in [5.41, 5.74) is 1.28. The molecular formula is C19H22N2O6S. The van der Waals surface area contributed by atoms with Crippen LogP contribution >= 0.6 is 11.3 Å². The van der Waals surface area contributed by atoms with E-state index < -0.39 is 11.9 Å². The van der Waals surface area contributed by atoms with E-state index in [1.807, 2.05) is 16.8 Å². The molecular weight excluding hydrogens is 384 g/mol. The molecule has 8 nitrogen and oxygen atoms in total. The normalized spacial score (nSPS) is 10.1. The Labute approximate surface area is 167 Å². The molecule has 1 N–H and O–H groups in total. The maximum absolute atomic E-state index is 12.2. The number of methoxy groups -OCH3 is 2. The van der Waals surface area contributed by atoms with Crippen molar-refractivity contribution in [3.8, 4) is 11.5 Å². The molecule has 28 heavy (non-hydrogen) atoms. The number of esters is 1. The lowest BCUT2D eigenvalue weighted by molar-refractivity contribution is -0.150. The molecule has 0 aliphatic carbocycles. The van der Waals surface area contributed by atoms with E-state index in [-0.39, 0.29) is 24.6 Å². The first-order chi connectivity index (χ1) is 13.4. The van der Waals surface area contributed by atoms with Crippen LogP contribution in [0.5, 0.6) is 11.5 Å². The lowest BCUT2D eigenvalue weighted by atomic mass is 10.2. The quantitative estimate of drug-likeness (QED) is 0.637. The lowest BCUT2D eigenvalue weighted by Gasteiger charge is -2.16. The molecule has 2 rings (SSSR count). The Bertz CT molecular complexity index is 800. The summed E-state index contributed by atoms with van der Waals surface area (Å²) in [6.07, 6.45) is 0. The van der Waals surface area contributed by atoms with Crippen molar-refractivity contribution in [2.24, 2.45) is 0 Å². The van der Waals surface area contributed by atoms with E-state index in [9.17, 15) is 14.4 Å². The first kappa shape index (κ1) is 21.2. The first-order valence-corrected chi connectivity index (χ1v) is 9.29. The summed E-state index contributed by atoms with van der Waals surface area (Å²) in [6.45, 7) is -0.309. The minimum absolute atomic E-state index is 0.274. The van der Waals surface area contributed by atoms with E-state index in [0.29, 0.717) is 18.0 Å². The van der Waals surface area contributed by atoms with Crippen molar-refractivity contribution in [3.63, 3.8) is 0 Å². The molecule has 0 aliphatic rings. The number of nitrogens with one attached hydrogen (secondary N) is 1. The predicted octanol–water partition coefficient (Wildman–Crippen LogP) is 1.70. The number of hydrogen-bond acceptors (Lipinski definition) is 7. The Morgan fingerprint density at radius 3 is 2.36 bits per heavy atom. The number of benzene rings is 1. The number of amides is 2. The third-order valence-electron chi connectivity index (χ3n) is 3.79. The van der Waals surface area contributed by atoms with Crippen LogP contribution in [-0.2, 0) is 20.9 Å². The molecule has 2 aromatic rings. The van der Waals surface area contributed by atoms with Crippen LogP contribution in [-0.4, -0.2) is 57.1 Å². The molecule has 0 radical (unpaired) electrons. The van der Waals surface area contributed by atoms with Crippen molar-refractivity contribution in [1.82, 2.24) is 10.2 Å². The maximum atomic E-state index is 12.2. The van der Waals surface area contributed by atoms with Gasteiger partial charge >= 0.3 is 5.97 Å². The van der Waals surface area contributed by atoms with E-state index in [1.165, 1.54) is 31.3 Å². The minimum atomic E-state index is -0.708. The number of hydrogen-bond donors (Lipinski definition) is 1. The lowest BCUT2D eigenvalue weighted by Crippen LogP contribution is -2.34. The molecule has 0 spiro atoms. The third-order valence-corrected chi connectivity index (χ3v) is 4.52. The van der Waals surface area contributed by atoms with Crippen LogP contribution < -0.4 is 14.8 Å². The Balaban J connectivity index is 1.78. The summed E-state index contributed by atoms with van der Waals surface area (Å²) in [6, 6.07) is 6.59. The summed E-state index contributed by atoms with van der Waals surface area (Å²) >= 11 is 1.54. The van der Waals surface area contributed by atoms with Gasteiger partial charge in [0, 0.05) is 25.2 Å². The number of nitrogens with zero attached hydrogens (tertiary/aromatic N) is 1. The maximum Gasteiger partial charge on any atom is 0.325 e. The van der Waals surface area contributed by atoms with E-state index in [1.54, 1.807) is 24.5 Å². The van der Waals surface area contributed by atoms with Crippen molar-refractivity contribution >= 4 is 29.1 Å². The molecule has 150 valence electrons. The Morgan fingerprint density at radius 2 is 1.79 bits per heavy atom. The van der Waals surface area contributed by atoms with Crippen molar-refractivity contribution in [2.75, 3.05) is 34.4 Å². The number of thiophene rings is 1. The second-order valence-corrected chi connectivity index (χ2v) is 6.61. The fourth-order valence-electron chi connectivity index (χ4n) is 2.24. The highest BCUT2D eigenvalue weighted by molar-refractivity contribution is 7.07.